The SMILES string of the molecule is O=P1(OCCOP2(=O)Oc3ccccc3-c3ccccc32)Oc2ccccc2-c2ccccc21. The highest BCUT2D eigenvalue weighted by Crippen LogP contribution is 2.57. The average molecular weight is 490 g/mol. The minimum Gasteiger partial charge on any atom is -0.421 e. The molecule has 170 valence electrons. The van der Waals surface area contributed by atoms with Crippen molar-refractivity contribution < 1.29 is 27.2 Å². The second-order valence-corrected chi connectivity index (χ2v) is 11.7. The Morgan fingerprint density at radius 3 is 1.29 bits per heavy atom. The molecule has 4 aromatic carbocycles. The summed E-state index contributed by atoms with van der Waals surface area (Å²) >= 11 is 0. The van der Waals surface area contributed by atoms with Gasteiger partial charge in [0.1, 0.15) is 11.5 Å². The fourth-order valence-electron chi connectivity index (χ4n) is 4.28. The number of hydrogen-bond donors (Lipinski definition) is 0. The number of rotatable bonds is 5. The highest BCUT2D eigenvalue weighted by molar-refractivity contribution is 7.63. The molecule has 2 atom stereocenters. The molecular weight excluding hydrogens is 470 g/mol. The summed E-state index contributed by atoms with van der Waals surface area (Å²) in [4.78, 5) is 0. The van der Waals surface area contributed by atoms with Gasteiger partial charge in [-0.25, -0.2) is 9.13 Å². The van der Waals surface area contributed by atoms with Gasteiger partial charge < -0.3 is 9.05 Å². The van der Waals surface area contributed by atoms with Crippen molar-refractivity contribution in [2.75, 3.05) is 13.2 Å². The second-order valence-electron chi connectivity index (χ2n) is 7.87. The number of para-hydroxylation sites is 2. The molecule has 0 aliphatic carbocycles. The smallest absolute Gasteiger partial charge is 0.411 e. The van der Waals surface area contributed by atoms with Crippen molar-refractivity contribution in [3.63, 3.8) is 0 Å². The van der Waals surface area contributed by atoms with Crippen LogP contribution in [0.3, 0.4) is 0 Å². The van der Waals surface area contributed by atoms with Gasteiger partial charge in [0.2, 0.25) is 0 Å². The fraction of sp³-hybridized carbons (Fsp3) is 0.0769. The lowest BCUT2D eigenvalue weighted by atomic mass is 10.0. The van der Waals surface area contributed by atoms with Crippen molar-refractivity contribution in [1.82, 2.24) is 0 Å². The van der Waals surface area contributed by atoms with E-state index in [1.165, 1.54) is 0 Å². The molecule has 0 fully saturated rings. The van der Waals surface area contributed by atoms with E-state index in [-0.39, 0.29) is 13.2 Å². The normalized spacial score (nSPS) is 21.8. The Morgan fingerprint density at radius 1 is 0.500 bits per heavy atom. The van der Waals surface area contributed by atoms with Crippen molar-refractivity contribution in [3.8, 4) is 33.8 Å². The third kappa shape index (κ3) is 3.51. The summed E-state index contributed by atoms with van der Waals surface area (Å²) in [6, 6.07) is 29.5. The van der Waals surface area contributed by atoms with Crippen LogP contribution in [0.25, 0.3) is 22.3 Å². The number of benzene rings is 4. The van der Waals surface area contributed by atoms with E-state index in [9.17, 15) is 9.13 Å². The molecule has 0 bridgehead atoms. The standard InChI is InChI=1S/C26H20O6P2/c27-33(25-15-7-3-11-21(25)19-9-1-5-13-23(19)31-33)29-17-18-30-34(28)26-16-8-4-12-22(26)20-10-2-6-14-24(20)32-34/h1-16H,17-18H2. The molecule has 8 heteroatoms. The van der Waals surface area contributed by atoms with Crippen LogP contribution >= 0.6 is 15.2 Å². The Kier molecular flexibility index (Phi) is 5.20. The van der Waals surface area contributed by atoms with Gasteiger partial charge in [0.05, 0.1) is 23.8 Å². The molecule has 34 heavy (non-hydrogen) atoms. The molecule has 2 aliphatic rings. The first-order chi connectivity index (χ1) is 16.6. The highest BCUT2D eigenvalue weighted by atomic mass is 31.2. The molecule has 2 heterocycles. The lowest BCUT2D eigenvalue weighted by Crippen LogP contribution is -2.22. The van der Waals surface area contributed by atoms with Crippen LogP contribution in [0, 0.1) is 0 Å². The van der Waals surface area contributed by atoms with Crippen molar-refractivity contribution in [1.29, 1.82) is 0 Å². The van der Waals surface area contributed by atoms with Crippen LogP contribution in [0.15, 0.2) is 97.1 Å². The maximum absolute atomic E-state index is 13.7. The zero-order valence-corrected chi connectivity index (χ0v) is 19.8. The Labute approximate surface area is 197 Å². The van der Waals surface area contributed by atoms with Crippen LogP contribution in [0.2, 0.25) is 0 Å². The van der Waals surface area contributed by atoms with Crippen LogP contribution in [-0.4, -0.2) is 13.2 Å². The van der Waals surface area contributed by atoms with Gasteiger partial charge >= 0.3 is 15.2 Å². The Balaban J connectivity index is 1.22. The summed E-state index contributed by atoms with van der Waals surface area (Å²) in [7, 11) is -7.31. The van der Waals surface area contributed by atoms with E-state index in [1.54, 1.807) is 36.4 Å². The number of fused-ring (bicyclic) bond motifs is 6. The largest absolute Gasteiger partial charge is 0.421 e. The highest BCUT2D eigenvalue weighted by Gasteiger charge is 2.39. The first-order valence-electron chi connectivity index (χ1n) is 10.8. The van der Waals surface area contributed by atoms with Crippen molar-refractivity contribution in [2.45, 2.75) is 0 Å². The van der Waals surface area contributed by atoms with E-state index in [2.05, 4.69) is 0 Å². The number of hydrogen-bond acceptors (Lipinski definition) is 6. The molecule has 4 aromatic rings. The molecule has 0 saturated heterocycles. The van der Waals surface area contributed by atoms with E-state index < -0.39 is 15.2 Å². The second kappa shape index (κ2) is 8.26. The van der Waals surface area contributed by atoms with E-state index in [4.69, 9.17) is 18.1 Å². The van der Waals surface area contributed by atoms with E-state index >= 15 is 0 Å². The quantitative estimate of drug-likeness (QED) is 0.246. The van der Waals surface area contributed by atoms with E-state index in [1.807, 2.05) is 60.7 Å². The van der Waals surface area contributed by atoms with E-state index in [0.717, 1.165) is 22.3 Å². The Morgan fingerprint density at radius 2 is 0.853 bits per heavy atom. The molecule has 0 amide bonds. The van der Waals surface area contributed by atoms with Crippen LogP contribution in [-0.2, 0) is 18.2 Å². The topological polar surface area (TPSA) is 71.1 Å². The third-order valence-electron chi connectivity index (χ3n) is 5.80. The minimum atomic E-state index is -3.66. The van der Waals surface area contributed by atoms with Crippen LogP contribution in [0.5, 0.6) is 11.5 Å². The molecule has 6 nitrogen and oxygen atoms in total. The Hall–Kier alpha value is -3.14. The molecule has 6 rings (SSSR count). The van der Waals surface area contributed by atoms with Gasteiger partial charge in [0, 0.05) is 22.3 Å². The predicted molar refractivity (Wildman–Crippen MR) is 131 cm³/mol. The summed E-state index contributed by atoms with van der Waals surface area (Å²) < 4.78 is 50.7. The van der Waals surface area contributed by atoms with Crippen LogP contribution in [0.1, 0.15) is 0 Å². The average Bonchev–Trinajstić information content (AvgIpc) is 2.87. The van der Waals surface area contributed by atoms with Gasteiger partial charge in [0.15, 0.2) is 0 Å². The summed E-state index contributed by atoms with van der Waals surface area (Å²) in [6.07, 6.45) is 0. The van der Waals surface area contributed by atoms with Gasteiger partial charge in [-0.15, -0.1) is 0 Å². The van der Waals surface area contributed by atoms with Crippen molar-refractivity contribution in [3.05, 3.63) is 97.1 Å². The molecule has 0 N–H and O–H groups in total. The molecule has 0 radical (unpaired) electrons. The molecule has 2 aliphatic heterocycles. The summed E-state index contributed by atoms with van der Waals surface area (Å²) in [5.41, 5.74) is 3.34. The maximum Gasteiger partial charge on any atom is 0.411 e. The first kappa shape index (κ1) is 21.4. The minimum absolute atomic E-state index is 0.0923. The van der Waals surface area contributed by atoms with Crippen molar-refractivity contribution >= 4 is 25.8 Å². The zero-order valence-electron chi connectivity index (χ0n) is 18.0. The van der Waals surface area contributed by atoms with Gasteiger partial charge in [-0.2, -0.15) is 0 Å². The van der Waals surface area contributed by atoms with Gasteiger partial charge in [-0.05, 0) is 24.3 Å². The Bertz CT molecular complexity index is 1390. The predicted octanol–water partition coefficient (Wildman–Crippen LogP) is 6.18. The molecule has 0 spiro atoms. The first-order valence-corrected chi connectivity index (χ1v) is 13.9. The molecule has 0 aromatic heterocycles. The monoisotopic (exact) mass is 490 g/mol. The summed E-state index contributed by atoms with van der Waals surface area (Å²) in [5, 5.41) is 0.988. The van der Waals surface area contributed by atoms with Gasteiger partial charge in [0.25, 0.3) is 0 Å². The van der Waals surface area contributed by atoms with Gasteiger partial charge in [-0.3, -0.25) is 9.05 Å². The lowest BCUT2D eigenvalue weighted by molar-refractivity contribution is 0.192. The molecular formula is C26H20O6P2. The van der Waals surface area contributed by atoms with Gasteiger partial charge in [-0.1, -0.05) is 72.8 Å². The maximum atomic E-state index is 13.7. The summed E-state index contributed by atoms with van der Waals surface area (Å²) in [5.74, 6) is 0.999. The fourth-order valence-corrected chi connectivity index (χ4v) is 7.85. The lowest BCUT2D eigenvalue weighted by Gasteiger charge is -2.29. The van der Waals surface area contributed by atoms with Crippen molar-refractivity contribution in [2.24, 2.45) is 0 Å². The van der Waals surface area contributed by atoms with Crippen LogP contribution < -0.4 is 19.7 Å². The van der Waals surface area contributed by atoms with E-state index in [0.29, 0.717) is 22.1 Å². The molecule has 0 saturated carbocycles. The van der Waals surface area contributed by atoms with Crippen LogP contribution in [0.4, 0.5) is 0 Å². The molecule has 2 unspecified atom stereocenters. The third-order valence-corrected chi connectivity index (χ3v) is 9.67. The summed E-state index contributed by atoms with van der Waals surface area (Å²) in [6.45, 7) is -0.185. The zero-order chi connectivity index (χ0) is 23.2.